The van der Waals surface area contributed by atoms with Crippen molar-refractivity contribution in [1.82, 2.24) is 19.9 Å². The van der Waals surface area contributed by atoms with E-state index in [1.54, 1.807) is 11.0 Å². The highest BCUT2D eigenvalue weighted by molar-refractivity contribution is 5.97. The van der Waals surface area contributed by atoms with Crippen molar-refractivity contribution in [2.45, 2.75) is 44.4 Å². The molecule has 3 aromatic rings. The normalized spacial score (nSPS) is 21.5. The monoisotopic (exact) mass is 457 g/mol. The second-order valence-corrected chi connectivity index (χ2v) is 8.36. The molecular weight excluding hydrogens is 439 g/mol. The Balaban J connectivity index is 1.38. The molecule has 11 heteroatoms. The topological polar surface area (TPSA) is 103 Å². The number of carbonyl (C=O) groups is 1. The Morgan fingerprint density at radius 3 is 2.82 bits per heavy atom. The van der Waals surface area contributed by atoms with Crippen LogP contribution >= 0.6 is 0 Å². The van der Waals surface area contributed by atoms with Crippen LogP contribution in [-0.4, -0.2) is 38.4 Å². The van der Waals surface area contributed by atoms with Crippen LogP contribution in [0, 0.1) is 0 Å². The molecular formula is C22H18F3N5O3. The Hall–Kier alpha value is -3.47. The van der Waals surface area contributed by atoms with Gasteiger partial charge in [-0.25, -0.2) is 15.0 Å². The molecule has 1 saturated heterocycles. The van der Waals surface area contributed by atoms with Crippen LogP contribution in [0.5, 0.6) is 5.88 Å². The Kier molecular flexibility index (Phi) is 4.28. The van der Waals surface area contributed by atoms with E-state index in [2.05, 4.69) is 15.0 Å². The summed E-state index contributed by atoms with van der Waals surface area (Å²) in [6.45, 7) is 1.18. The molecule has 6 rings (SSSR count). The van der Waals surface area contributed by atoms with Crippen molar-refractivity contribution in [2.75, 3.05) is 12.3 Å². The molecule has 2 N–H and O–H groups in total. The summed E-state index contributed by atoms with van der Waals surface area (Å²) >= 11 is 0. The third-order valence-electron chi connectivity index (χ3n) is 6.43. The first-order valence-corrected chi connectivity index (χ1v) is 10.5. The van der Waals surface area contributed by atoms with Gasteiger partial charge in [-0.2, -0.15) is 13.2 Å². The number of nitrogen functional groups attached to an aromatic ring is 1. The predicted octanol–water partition coefficient (Wildman–Crippen LogP) is 3.39. The summed E-state index contributed by atoms with van der Waals surface area (Å²) < 4.78 is 50.5. The lowest BCUT2D eigenvalue weighted by Crippen LogP contribution is -2.44. The minimum atomic E-state index is -4.57. The summed E-state index contributed by atoms with van der Waals surface area (Å²) in [4.78, 5) is 27.5. The van der Waals surface area contributed by atoms with Crippen molar-refractivity contribution in [3.05, 3.63) is 52.5 Å². The molecule has 0 saturated carbocycles. The molecule has 1 amide bonds. The molecule has 1 fully saturated rings. The number of carbonyl (C=O) groups excluding carboxylic acids is 1. The molecule has 0 unspecified atom stereocenters. The third-order valence-corrected chi connectivity index (χ3v) is 6.43. The summed E-state index contributed by atoms with van der Waals surface area (Å²) in [5.41, 5.74) is 7.97. The third kappa shape index (κ3) is 3.10. The summed E-state index contributed by atoms with van der Waals surface area (Å²) in [7, 11) is 0. The van der Waals surface area contributed by atoms with Gasteiger partial charge < -0.3 is 20.1 Å². The van der Waals surface area contributed by atoms with Gasteiger partial charge in [-0.3, -0.25) is 4.79 Å². The number of piperidine rings is 1. The van der Waals surface area contributed by atoms with Crippen LogP contribution in [-0.2, 0) is 24.1 Å². The fraction of sp³-hybridized carbons (Fsp3) is 0.364. The Labute approximate surface area is 185 Å². The number of pyridine rings is 3. The number of halogens is 3. The Bertz CT molecular complexity index is 1310. The fourth-order valence-electron chi connectivity index (χ4n) is 4.89. The molecule has 0 aromatic carbocycles. The van der Waals surface area contributed by atoms with E-state index in [-0.39, 0.29) is 17.5 Å². The number of aromatic nitrogens is 3. The first-order valence-electron chi connectivity index (χ1n) is 10.5. The number of hydrogen-bond donors (Lipinski definition) is 1. The zero-order valence-electron chi connectivity index (χ0n) is 17.2. The number of fused-ring (bicyclic) bond motifs is 6. The molecule has 0 spiro atoms. The van der Waals surface area contributed by atoms with Crippen LogP contribution in [0.2, 0.25) is 0 Å². The van der Waals surface area contributed by atoms with E-state index >= 15 is 0 Å². The molecule has 0 radical (unpaired) electrons. The summed E-state index contributed by atoms with van der Waals surface area (Å²) in [6.07, 6.45) is -2.24. The van der Waals surface area contributed by atoms with Gasteiger partial charge in [-0.15, -0.1) is 0 Å². The van der Waals surface area contributed by atoms with E-state index in [1.165, 1.54) is 12.3 Å². The zero-order valence-corrected chi connectivity index (χ0v) is 17.2. The predicted molar refractivity (Wildman–Crippen MR) is 109 cm³/mol. The smallest absolute Gasteiger partial charge is 0.433 e. The molecule has 3 aliphatic heterocycles. The van der Waals surface area contributed by atoms with Gasteiger partial charge in [0.1, 0.15) is 23.3 Å². The number of likely N-dealkylation sites (tertiary alicyclic amines) is 1. The fourth-order valence-corrected chi connectivity index (χ4v) is 4.89. The average molecular weight is 457 g/mol. The number of ether oxygens (including phenoxy) is 2. The van der Waals surface area contributed by atoms with Gasteiger partial charge in [-0.05, 0) is 36.6 Å². The number of alkyl halides is 3. The molecule has 33 heavy (non-hydrogen) atoms. The second kappa shape index (κ2) is 7.01. The largest absolute Gasteiger partial charge is 0.472 e. The molecule has 0 bridgehead atoms. The van der Waals surface area contributed by atoms with Crippen LogP contribution in [0.15, 0.2) is 24.4 Å². The first kappa shape index (κ1) is 20.2. The highest BCUT2D eigenvalue weighted by atomic mass is 19.4. The van der Waals surface area contributed by atoms with Gasteiger partial charge >= 0.3 is 6.18 Å². The average Bonchev–Trinajstić information content (AvgIpc) is 3.43. The number of nitrogens with zero attached hydrogens (tertiary/aromatic N) is 4. The van der Waals surface area contributed by atoms with Gasteiger partial charge in [0.05, 0.1) is 31.0 Å². The quantitative estimate of drug-likeness (QED) is 0.597. The Morgan fingerprint density at radius 2 is 2.00 bits per heavy atom. The number of rotatable bonds is 1. The van der Waals surface area contributed by atoms with E-state index in [4.69, 9.17) is 15.2 Å². The maximum Gasteiger partial charge on any atom is 0.433 e. The lowest BCUT2D eigenvalue weighted by atomic mass is 9.94. The lowest BCUT2D eigenvalue weighted by Gasteiger charge is -2.36. The molecule has 3 aromatic heterocycles. The van der Waals surface area contributed by atoms with Crippen LogP contribution < -0.4 is 10.5 Å². The summed E-state index contributed by atoms with van der Waals surface area (Å²) in [6, 6.07) is 3.44. The lowest BCUT2D eigenvalue weighted by molar-refractivity contribution is -0.141. The Morgan fingerprint density at radius 1 is 1.18 bits per heavy atom. The molecule has 6 heterocycles. The molecule has 170 valence electrons. The maximum atomic E-state index is 13.5. The maximum absolute atomic E-state index is 13.5. The van der Waals surface area contributed by atoms with Crippen LogP contribution in [0.3, 0.4) is 0 Å². The molecule has 8 nitrogen and oxygen atoms in total. The highest BCUT2D eigenvalue weighted by Gasteiger charge is 2.45. The summed E-state index contributed by atoms with van der Waals surface area (Å²) in [5.74, 6) is -0.00624. The van der Waals surface area contributed by atoms with Gasteiger partial charge in [0.2, 0.25) is 5.88 Å². The van der Waals surface area contributed by atoms with Gasteiger partial charge in [-0.1, -0.05) is 0 Å². The zero-order chi connectivity index (χ0) is 22.9. The van der Waals surface area contributed by atoms with E-state index < -0.39 is 24.0 Å². The molecule has 0 aliphatic carbocycles. The van der Waals surface area contributed by atoms with Crippen molar-refractivity contribution >= 4 is 22.6 Å². The SMILES string of the molecule is Nc1nc2cnc(C(=O)N3CCC[C@@H]4Oc5nc(C(F)(F)F)ccc5[C@@H]43)cc2c2c1COC2. The molecule has 3 aliphatic rings. The minimum Gasteiger partial charge on any atom is -0.472 e. The molecule has 2 atom stereocenters. The van der Waals surface area contributed by atoms with Crippen molar-refractivity contribution in [2.24, 2.45) is 0 Å². The van der Waals surface area contributed by atoms with E-state index in [9.17, 15) is 18.0 Å². The van der Waals surface area contributed by atoms with Crippen molar-refractivity contribution in [3.63, 3.8) is 0 Å². The standard InChI is InChI=1S/C22H18F3N5O3/c23-22(24,25)17-4-3-10-18-16(33-20(10)29-17)2-1-5-30(18)21(31)14-6-11-12-8-32-9-13(12)19(26)28-15(11)7-27-14/h3-4,6-7,16,18H,1-2,5,8-9H2,(H2,26,28)/t16-,18-/m0/s1. The van der Waals surface area contributed by atoms with Crippen molar-refractivity contribution < 1.29 is 27.4 Å². The summed E-state index contributed by atoms with van der Waals surface area (Å²) in [5, 5.41) is 0.753. The van der Waals surface area contributed by atoms with Crippen molar-refractivity contribution in [3.8, 4) is 5.88 Å². The minimum absolute atomic E-state index is 0.0689. The number of anilines is 1. The van der Waals surface area contributed by atoms with Crippen molar-refractivity contribution in [1.29, 1.82) is 0 Å². The number of hydrogen-bond acceptors (Lipinski definition) is 7. The number of nitrogens with two attached hydrogens (primary N) is 1. The first-order chi connectivity index (χ1) is 15.8. The van der Waals surface area contributed by atoms with Gasteiger partial charge in [0, 0.05) is 23.1 Å². The second-order valence-electron chi connectivity index (χ2n) is 8.36. The van der Waals surface area contributed by atoms with Crippen LogP contribution in [0.25, 0.3) is 10.9 Å². The van der Waals surface area contributed by atoms with Gasteiger partial charge in [0.25, 0.3) is 5.91 Å². The van der Waals surface area contributed by atoms with Gasteiger partial charge in [0.15, 0.2) is 0 Å². The number of amides is 1. The van der Waals surface area contributed by atoms with Crippen LogP contribution in [0.4, 0.5) is 19.0 Å². The van der Waals surface area contributed by atoms with E-state index in [0.29, 0.717) is 49.5 Å². The van der Waals surface area contributed by atoms with Crippen LogP contribution in [0.1, 0.15) is 51.8 Å². The van der Waals surface area contributed by atoms with E-state index in [1.807, 2.05) is 0 Å². The highest BCUT2D eigenvalue weighted by Crippen LogP contribution is 2.45. The van der Waals surface area contributed by atoms with E-state index in [0.717, 1.165) is 22.6 Å².